The van der Waals surface area contributed by atoms with E-state index in [2.05, 4.69) is 14.9 Å². The minimum absolute atomic E-state index is 0.162. The van der Waals surface area contributed by atoms with E-state index in [1.54, 1.807) is 0 Å². The van der Waals surface area contributed by atoms with Gasteiger partial charge in [0.1, 0.15) is 0 Å². The van der Waals surface area contributed by atoms with Gasteiger partial charge in [0.25, 0.3) is 5.91 Å². The lowest BCUT2D eigenvalue weighted by Gasteiger charge is -2.26. The first kappa shape index (κ1) is 19.8. The lowest BCUT2D eigenvalue weighted by atomic mass is 10.2. The first-order valence-electron chi connectivity index (χ1n) is 8.56. The topological polar surface area (TPSA) is 87.7 Å². The molecule has 1 aromatic rings. The van der Waals surface area contributed by atoms with Gasteiger partial charge >= 0.3 is 0 Å². The highest BCUT2D eigenvalue weighted by atomic mass is 32.2. The van der Waals surface area contributed by atoms with Crippen molar-refractivity contribution in [3.63, 3.8) is 0 Å². The van der Waals surface area contributed by atoms with Gasteiger partial charge in [-0.2, -0.15) is 0 Å². The molecule has 1 aromatic carbocycles. The molecule has 0 aromatic heterocycles. The highest BCUT2D eigenvalue weighted by Gasteiger charge is 2.16. The molecule has 0 bridgehead atoms. The van der Waals surface area contributed by atoms with Crippen LogP contribution in [0.5, 0.6) is 0 Å². The van der Waals surface area contributed by atoms with Gasteiger partial charge in [-0.25, -0.2) is 13.1 Å². The number of nitrogens with zero attached hydrogens (tertiary/aromatic N) is 1. The zero-order chi connectivity index (χ0) is 18.3. The molecule has 25 heavy (non-hydrogen) atoms. The van der Waals surface area contributed by atoms with Gasteiger partial charge in [0.15, 0.2) is 0 Å². The maximum atomic E-state index is 12.3. The predicted octanol–water partition coefficient (Wildman–Crippen LogP) is 0.683. The van der Waals surface area contributed by atoms with E-state index >= 15 is 0 Å². The van der Waals surface area contributed by atoms with Crippen LogP contribution < -0.4 is 10.0 Å². The third kappa shape index (κ3) is 6.39. The van der Waals surface area contributed by atoms with E-state index < -0.39 is 10.0 Å². The Labute approximate surface area is 149 Å². The number of morpholine rings is 1. The molecule has 0 unspecified atom stereocenters. The van der Waals surface area contributed by atoms with E-state index in [-0.39, 0.29) is 10.8 Å². The number of rotatable bonds is 8. The number of hydrogen-bond acceptors (Lipinski definition) is 5. The van der Waals surface area contributed by atoms with E-state index in [4.69, 9.17) is 4.74 Å². The Hall–Kier alpha value is -1.48. The zero-order valence-electron chi connectivity index (χ0n) is 14.8. The van der Waals surface area contributed by atoms with Crippen LogP contribution in [0.4, 0.5) is 0 Å². The molecule has 1 amide bonds. The second kappa shape index (κ2) is 9.28. The Morgan fingerprint density at radius 1 is 1.20 bits per heavy atom. The van der Waals surface area contributed by atoms with Gasteiger partial charge in [-0.3, -0.25) is 9.69 Å². The molecule has 1 saturated heterocycles. The van der Waals surface area contributed by atoms with Crippen molar-refractivity contribution in [1.82, 2.24) is 14.9 Å². The molecule has 0 spiro atoms. The third-order valence-corrected chi connectivity index (χ3v) is 5.40. The fraction of sp³-hybridized carbons (Fsp3) is 0.588. The molecule has 0 aliphatic carbocycles. The van der Waals surface area contributed by atoms with Crippen LogP contribution >= 0.6 is 0 Å². The molecule has 7 nitrogen and oxygen atoms in total. The molecular formula is C17H27N3O4S. The summed E-state index contributed by atoms with van der Waals surface area (Å²) in [6, 6.07) is 5.99. The van der Waals surface area contributed by atoms with Crippen LogP contribution in [0.25, 0.3) is 0 Å². The summed E-state index contributed by atoms with van der Waals surface area (Å²) in [7, 11) is -3.57. The second-order valence-corrected chi connectivity index (χ2v) is 8.25. The smallest absolute Gasteiger partial charge is 0.251 e. The zero-order valence-corrected chi connectivity index (χ0v) is 15.6. The SMILES string of the molecule is CC(C)CNC(=O)c1ccc(S(=O)(=O)NCCN2CCOCC2)cc1. The summed E-state index contributed by atoms with van der Waals surface area (Å²) in [6.07, 6.45) is 0. The Kier molecular flexibility index (Phi) is 7.37. The maximum absolute atomic E-state index is 12.3. The summed E-state index contributed by atoms with van der Waals surface area (Å²) in [5.74, 6) is 0.164. The van der Waals surface area contributed by atoms with Gasteiger partial charge in [-0.1, -0.05) is 13.8 Å². The minimum atomic E-state index is -3.57. The number of sulfonamides is 1. The Morgan fingerprint density at radius 2 is 1.84 bits per heavy atom. The van der Waals surface area contributed by atoms with Crippen molar-refractivity contribution in [2.24, 2.45) is 5.92 Å². The normalized spacial score (nSPS) is 16.1. The molecule has 2 N–H and O–H groups in total. The number of ether oxygens (including phenoxy) is 1. The molecule has 0 radical (unpaired) electrons. The van der Waals surface area contributed by atoms with E-state index in [0.717, 1.165) is 13.1 Å². The average molecular weight is 369 g/mol. The summed E-state index contributed by atoms with van der Waals surface area (Å²) in [4.78, 5) is 14.3. The molecule has 8 heteroatoms. The first-order valence-corrected chi connectivity index (χ1v) is 10.0. The summed E-state index contributed by atoms with van der Waals surface area (Å²) in [5, 5.41) is 2.81. The van der Waals surface area contributed by atoms with E-state index in [9.17, 15) is 13.2 Å². The fourth-order valence-corrected chi connectivity index (χ4v) is 3.45. The molecule has 140 valence electrons. The van der Waals surface area contributed by atoms with Crippen molar-refractivity contribution in [3.8, 4) is 0 Å². The Bertz CT molecular complexity index is 653. The molecule has 1 aliphatic heterocycles. The third-order valence-electron chi connectivity index (χ3n) is 3.92. The number of hydrogen-bond donors (Lipinski definition) is 2. The molecule has 2 rings (SSSR count). The average Bonchev–Trinajstić information content (AvgIpc) is 2.60. The van der Waals surface area contributed by atoms with E-state index in [1.165, 1.54) is 24.3 Å². The summed E-state index contributed by atoms with van der Waals surface area (Å²) >= 11 is 0. The van der Waals surface area contributed by atoms with Gasteiger partial charge in [-0.05, 0) is 30.2 Å². The summed E-state index contributed by atoms with van der Waals surface area (Å²) < 4.78 is 32.5. The molecule has 1 aliphatic rings. The Balaban J connectivity index is 1.87. The van der Waals surface area contributed by atoms with E-state index in [0.29, 0.717) is 44.3 Å². The molecule has 0 atom stereocenters. The second-order valence-electron chi connectivity index (χ2n) is 6.48. The van der Waals surface area contributed by atoms with Crippen molar-refractivity contribution in [1.29, 1.82) is 0 Å². The number of carbonyl (C=O) groups is 1. The van der Waals surface area contributed by atoms with Crippen LogP contribution in [0.3, 0.4) is 0 Å². The van der Waals surface area contributed by atoms with Crippen molar-refractivity contribution in [2.75, 3.05) is 45.9 Å². The van der Waals surface area contributed by atoms with Crippen LogP contribution in [-0.2, 0) is 14.8 Å². The van der Waals surface area contributed by atoms with Crippen molar-refractivity contribution < 1.29 is 17.9 Å². The van der Waals surface area contributed by atoms with Gasteiger partial charge in [-0.15, -0.1) is 0 Å². The van der Waals surface area contributed by atoms with Crippen LogP contribution in [0.2, 0.25) is 0 Å². The molecular weight excluding hydrogens is 342 g/mol. The monoisotopic (exact) mass is 369 g/mol. The van der Waals surface area contributed by atoms with Gasteiger partial charge < -0.3 is 10.1 Å². The number of nitrogens with one attached hydrogen (secondary N) is 2. The summed E-state index contributed by atoms with van der Waals surface area (Å²) in [6.45, 7) is 8.63. The lowest BCUT2D eigenvalue weighted by Crippen LogP contribution is -2.41. The van der Waals surface area contributed by atoms with Crippen LogP contribution in [-0.4, -0.2) is 65.2 Å². The van der Waals surface area contributed by atoms with Gasteiger partial charge in [0.2, 0.25) is 10.0 Å². The maximum Gasteiger partial charge on any atom is 0.251 e. The molecule has 0 saturated carbocycles. The lowest BCUT2D eigenvalue weighted by molar-refractivity contribution is 0.0390. The first-order chi connectivity index (χ1) is 11.9. The standard InChI is InChI=1S/C17H27N3O4S/c1-14(2)13-18-17(21)15-3-5-16(6-4-15)25(22,23)19-7-8-20-9-11-24-12-10-20/h3-6,14,19H,7-13H2,1-2H3,(H,18,21). The van der Waals surface area contributed by atoms with Crippen LogP contribution in [0.15, 0.2) is 29.2 Å². The predicted molar refractivity (Wildman–Crippen MR) is 96.1 cm³/mol. The van der Waals surface area contributed by atoms with Crippen molar-refractivity contribution >= 4 is 15.9 Å². The van der Waals surface area contributed by atoms with Crippen LogP contribution in [0, 0.1) is 5.92 Å². The fourth-order valence-electron chi connectivity index (χ4n) is 2.43. The van der Waals surface area contributed by atoms with Gasteiger partial charge in [0, 0.05) is 38.3 Å². The van der Waals surface area contributed by atoms with Crippen molar-refractivity contribution in [3.05, 3.63) is 29.8 Å². The highest BCUT2D eigenvalue weighted by molar-refractivity contribution is 7.89. The summed E-state index contributed by atoms with van der Waals surface area (Å²) in [5.41, 5.74) is 0.452. The van der Waals surface area contributed by atoms with Gasteiger partial charge in [0.05, 0.1) is 18.1 Å². The minimum Gasteiger partial charge on any atom is -0.379 e. The number of carbonyl (C=O) groups excluding carboxylic acids is 1. The largest absolute Gasteiger partial charge is 0.379 e. The van der Waals surface area contributed by atoms with E-state index in [1.807, 2.05) is 13.8 Å². The van der Waals surface area contributed by atoms with Crippen molar-refractivity contribution in [2.45, 2.75) is 18.7 Å². The number of amides is 1. The Morgan fingerprint density at radius 3 is 2.44 bits per heavy atom. The molecule has 1 heterocycles. The quantitative estimate of drug-likeness (QED) is 0.704. The highest BCUT2D eigenvalue weighted by Crippen LogP contribution is 2.10. The van der Waals surface area contributed by atoms with Crippen LogP contribution in [0.1, 0.15) is 24.2 Å². The molecule has 1 fully saturated rings. The number of benzene rings is 1.